The van der Waals surface area contributed by atoms with Gasteiger partial charge in [0.05, 0.1) is 11.0 Å². The summed E-state index contributed by atoms with van der Waals surface area (Å²) >= 11 is 0. The van der Waals surface area contributed by atoms with Crippen LogP contribution in [0.3, 0.4) is 0 Å². The van der Waals surface area contributed by atoms with E-state index in [0.29, 0.717) is 11.1 Å². The number of rotatable bonds is 5. The quantitative estimate of drug-likeness (QED) is 0.891. The van der Waals surface area contributed by atoms with Gasteiger partial charge >= 0.3 is 0 Å². The number of nitrogens with one attached hydrogen (secondary N) is 1. The lowest BCUT2D eigenvalue weighted by Crippen LogP contribution is -2.29. The first kappa shape index (κ1) is 15.7. The molecule has 1 unspecified atom stereocenters. The van der Waals surface area contributed by atoms with Crippen molar-refractivity contribution in [3.8, 4) is 0 Å². The molecular weight excluding hydrogens is 286 g/mol. The zero-order valence-corrected chi connectivity index (χ0v) is 12.9. The van der Waals surface area contributed by atoms with Crippen LogP contribution in [0.25, 0.3) is 0 Å². The maximum Gasteiger partial charge on any atom is 0.240 e. The predicted molar refractivity (Wildman–Crippen MR) is 82.5 cm³/mol. The first-order chi connectivity index (χ1) is 9.90. The second-order valence-electron chi connectivity index (χ2n) is 5.05. The van der Waals surface area contributed by atoms with E-state index in [0.717, 1.165) is 5.56 Å². The summed E-state index contributed by atoms with van der Waals surface area (Å²) in [5.41, 5.74) is 2.24. The monoisotopic (exact) mass is 305 g/mol. The molecule has 5 heteroatoms. The van der Waals surface area contributed by atoms with Crippen LogP contribution in [-0.2, 0) is 10.0 Å². The molecule has 21 heavy (non-hydrogen) atoms. The number of aliphatic hydroxyl groups is 1. The number of hydrogen-bond acceptors (Lipinski definition) is 3. The third-order valence-corrected chi connectivity index (χ3v) is 4.85. The molecule has 2 aromatic rings. The minimum atomic E-state index is -3.63. The molecule has 0 fully saturated rings. The van der Waals surface area contributed by atoms with Crippen LogP contribution in [0.1, 0.15) is 22.8 Å². The van der Waals surface area contributed by atoms with Crippen molar-refractivity contribution in [2.75, 3.05) is 6.54 Å². The van der Waals surface area contributed by atoms with E-state index >= 15 is 0 Å². The van der Waals surface area contributed by atoms with E-state index in [1.54, 1.807) is 43.3 Å². The van der Waals surface area contributed by atoms with Crippen molar-refractivity contribution < 1.29 is 13.5 Å². The summed E-state index contributed by atoms with van der Waals surface area (Å²) in [5, 5.41) is 10.0. The third kappa shape index (κ3) is 3.91. The second-order valence-corrected chi connectivity index (χ2v) is 6.78. The van der Waals surface area contributed by atoms with Crippen molar-refractivity contribution in [3.05, 3.63) is 65.2 Å². The number of aliphatic hydroxyl groups excluding tert-OH is 1. The number of aryl methyl sites for hydroxylation is 2. The lowest BCUT2D eigenvalue weighted by Gasteiger charge is -2.14. The Kier molecular flexibility index (Phi) is 4.77. The van der Waals surface area contributed by atoms with E-state index in [1.165, 1.54) is 0 Å². The largest absolute Gasteiger partial charge is 0.387 e. The van der Waals surface area contributed by atoms with Crippen molar-refractivity contribution in [2.24, 2.45) is 0 Å². The Morgan fingerprint density at radius 3 is 2.43 bits per heavy atom. The summed E-state index contributed by atoms with van der Waals surface area (Å²) in [5.74, 6) is 0. The van der Waals surface area contributed by atoms with Crippen molar-refractivity contribution in [1.82, 2.24) is 4.72 Å². The number of benzene rings is 2. The Balaban J connectivity index is 2.13. The summed E-state index contributed by atoms with van der Waals surface area (Å²) in [4.78, 5) is 0.253. The first-order valence-corrected chi connectivity index (χ1v) is 8.18. The predicted octanol–water partition coefficient (Wildman–Crippen LogP) is 2.32. The fourth-order valence-corrected chi connectivity index (χ4v) is 3.42. The molecule has 1 atom stereocenters. The van der Waals surface area contributed by atoms with Gasteiger partial charge in [0.15, 0.2) is 0 Å². The molecule has 0 aliphatic heterocycles. The number of sulfonamides is 1. The van der Waals surface area contributed by atoms with Gasteiger partial charge in [-0.3, -0.25) is 0 Å². The van der Waals surface area contributed by atoms with Gasteiger partial charge in [-0.05, 0) is 36.6 Å². The second kappa shape index (κ2) is 6.39. The minimum Gasteiger partial charge on any atom is -0.387 e. The maximum absolute atomic E-state index is 12.3. The fraction of sp³-hybridized carbons (Fsp3) is 0.250. The van der Waals surface area contributed by atoms with Crippen molar-refractivity contribution in [3.63, 3.8) is 0 Å². The standard InChI is InChI=1S/C16H19NO3S/c1-12-8-9-13(2)16(10-12)21(19,20)17-11-15(18)14-6-4-3-5-7-14/h3-10,15,17-18H,11H2,1-2H3. The Morgan fingerprint density at radius 2 is 1.76 bits per heavy atom. The van der Waals surface area contributed by atoms with Gasteiger partial charge in [-0.2, -0.15) is 0 Å². The van der Waals surface area contributed by atoms with Gasteiger partial charge in [-0.15, -0.1) is 0 Å². The summed E-state index contributed by atoms with van der Waals surface area (Å²) < 4.78 is 27.1. The molecule has 0 aliphatic rings. The summed E-state index contributed by atoms with van der Waals surface area (Å²) in [6.45, 7) is 3.54. The van der Waals surface area contributed by atoms with Crippen molar-refractivity contribution >= 4 is 10.0 Å². The van der Waals surface area contributed by atoms with Gasteiger partial charge in [0.1, 0.15) is 0 Å². The molecule has 0 spiro atoms. The van der Waals surface area contributed by atoms with Gasteiger partial charge in [0, 0.05) is 6.54 Å². The molecule has 0 amide bonds. The van der Waals surface area contributed by atoms with E-state index in [2.05, 4.69) is 4.72 Å². The highest BCUT2D eigenvalue weighted by Crippen LogP contribution is 2.18. The van der Waals surface area contributed by atoms with Crippen LogP contribution in [0, 0.1) is 13.8 Å². The number of hydrogen-bond donors (Lipinski definition) is 2. The smallest absolute Gasteiger partial charge is 0.240 e. The van der Waals surface area contributed by atoms with Crippen LogP contribution in [0.5, 0.6) is 0 Å². The zero-order valence-electron chi connectivity index (χ0n) is 12.1. The first-order valence-electron chi connectivity index (χ1n) is 6.70. The van der Waals surface area contributed by atoms with Crippen molar-refractivity contribution in [1.29, 1.82) is 0 Å². The van der Waals surface area contributed by atoms with Gasteiger partial charge in [0.25, 0.3) is 0 Å². The molecule has 2 aromatic carbocycles. The molecule has 0 saturated heterocycles. The van der Waals surface area contributed by atoms with E-state index in [-0.39, 0.29) is 11.4 Å². The normalized spacial score (nSPS) is 13.1. The molecule has 0 saturated carbocycles. The highest BCUT2D eigenvalue weighted by atomic mass is 32.2. The zero-order chi connectivity index (χ0) is 15.5. The molecule has 4 nitrogen and oxygen atoms in total. The molecule has 0 aliphatic carbocycles. The minimum absolute atomic E-state index is 0.0558. The van der Waals surface area contributed by atoms with Gasteiger partial charge < -0.3 is 5.11 Å². The molecule has 0 radical (unpaired) electrons. The Bertz CT molecular complexity index is 712. The lowest BCUT2D eigenvalue weighted by atomic mass is 10.1. The average molecular weight is 305 g/mol. The van der Waals surface area contributed by atoms with Crippen LogP contribution in [-0.4, -0.2) is 20.1 Å². The van der Waals surface area contributed by atoms with Gasteiger partial charge in [-0.25, -0.2) is 13.1 Å². The fourth-order valence-electron chi connectivity index (χ4n) is 2.06. The van der Waals surface area contributed by atoms with Crippen LogP contribution in [0.15, 0.2) is 53.4 Å². The Hall–Kier alpha value is -1.69. The van der Waals surface area contributed by atoms with Gasteiger partial charge in [-0.1, -0.05) is 42.5 Å². The highest BCUT2D eigenvalue weighted by molar-refractivity contribution is 7.89. The molecule has 2 N–H and O–H groups in total. The van der Waals surface area contributed by atoms with Crippen LogP contribution < -0.4 is 4.72 Å². The van der Waals surface area contributed by atoms with E-state index in [1.807, 2.05) is 19.1 Å². The molecule has 0 aromatic heterocycles. The maximum atomic E-state index is 12.3. The molecule has 2 rings (SSSR count). The van der Waals surface area contributed by atoms with E-state index in [9.17, 15) is 13.5 Å². The van der Waals surface area contributed by atoms with Crippen molar-refractivity contribution in [2.45, 2.75) is 24.8 Å². The highest BCUT2D eigenvalue weighted by Gasteiger charge is 2.18. The van der Waals surface area contributed by atoms with Gasteiger partial charge in [0.2, 0.25) is 10.0 Å². The molecule has 112 valence electrons. The SMILES string of the molecule is Cc1ccc(C)c(S(=O)(=O)NCC(O)c2ccccc2)c1. The third-order valence-electron chi connectivity index (χ3n) is 3.28. The summed E-state index contributed by atoms with van der Waals surface area (Å²) in [6.07, 6.45) is -0.869. The van der Waals surface area contributed by atoms with Crippen LogP contribution in [0.2, 0.25) is 0 Å². The van der Waals surface area contributed by atoms with E-state index < -0.39 is 16.1 Å². The summed E-state index contributed by atoms with van der Waals surface area (Å²) in [6, 6.07) is 14.2. The van der Waals surface area contributed by atoms with E-state index in [4.69, 9.17) is 0 Å². The molecular formula is C16H19NO3S. The topological polar surface area (TPSA) is 66.4 Å². The molecule has 0 heterocycles. The van der Waals surface area contributed by atoms with Crippen LogP contribution >= 0.6 is 0 Å². The van der Waals surface area contributed by atoms with Crippen LogP contribution in [0.4, 0.5) is 0 Å². The summed E-state index contributed by atoms with van der Waals surface area (Å²) in [7, 11) is -3.63. The molecule has 0 bridgehead atoms. The Morgan fingerprint density at radius 1 is 1.10 bits per heavy atom. The lowest BCUT2D eigenvalue weighted by molar-refractivity contribution is 0.182. The Labute approximate surface area is 125 Å². The average Bonchev–Trinajstić information content (AvgIpc) is 2.48.